The molecule has 1 aromatic carbocycles. The van der Waals surface area contributed by atoms with Gasteiger partial charge in [0.1, 0.15) is 0 Å². The molecule has 96 valence electrons. The highest BCUT2D eigenvalue weighted by Crippen LogP contribution is 2.52. The van der Waals surface area contributed by atoms with Gasteiger partial charge in [-0.15, -0.1) is 0 Å². The number of ether oxygens (including phenoxy) is 1. The zero-order chi connectivity index (χ0) is 13.4. The van der Waals surface area contributed by atoms with E-state index in [9.17, 15) is 8.42 Å². The first kappa shape index (κ1) is 13.1. The Labute approximate surface area is 107 Å². The normalized spacial score (nSPS) is 26.6. The molecule has 2 rings (SSSR count). The van der Waals surface area contributed by atoms with Crippen LogP contribution in [-0.2, 0) is 14.6 Å². The van der Waals surface area contributed by atoms with Gasteiger partial charge in [-0.05, 0) is 25.5 Å². The van der Waals surface area contributed by atoms with E-state index in [1.807, 2.05) is 6.92 Å². The third-order valence-corrected chi connectivity index (χ3v) is 5.65. The van der Waals surface area contributed by atoms with Crippen LogP contribution in [0.15, 0.2) is 29.2 Å². The molecule has 0 bridgehead atoms. The molecule has 2 atom stereocenters. The Morgan fingerprint density at radius 1 is 1.44 bits per heavy atom. The van der Waals surface area contributed by atoms with Gasteiger partial charge in [0.2, 0.25) is 0 Å². The average molecular weight is 265 g/mol. The fourth-order valence-corrected chi connectivity index (χ4v) is 4.21. The van der Waals surface area contributed by atoms with Crippen molar-refractivity contribution in [1.82, 2.24) is 0 Å². The van der Waals surface area contributed by atoms with Crippen LogP contribution >= 0.6 is 0 Å². The van der Waals surface area contributed by atoms with Gasteiger partial charge in [0.05, 0.1) is 28.2 Å². The first-order chi connectivity index (χ1) is 8.46. The van der Waals surface area contributed by atoms with Crippen LogP contribution in [0.1, 0.15) is 12.0 Å². The van der Waals surface area contributed by atoms with Crippen LogP contribution in [0.4, 0.5) is 0 Å². The summed E-state index contributed by atoms with van der Waals surface area (Å²) >= 11 is 0. The van der Waals surface area contributed by atoms with Crippen LogP contribution < -0.4 is 0 Å². The Bertz CT molecular complexity index is 586. The molecule has 0 aromatic heterocycles. The van der Waals surface area contributed by atoms with E-state index in [4.69, 9.17) is 10.00 Å². The fourth-order valence-electron chi connectivity index (χ4n) is 2.13. The summed E-state index contributed by atoms with van der Waals surface area (Å²) in [6.45, 7) is 2.07. The number of benzene rings is 1. The van der Waals surface area contributed by atoms with E-state index in [-0.39, 0.29) is 11.5 Å². The maximum absolute atomic E-state index is 12.3. The Kier molecular flexibility index (Phi) is 3.18. The third-order valence-electron chi connectivity index (χ3n) is 3.35. The highest BCUT2D eigenvalue weighted by atomic mass is 32.2. The number of aryl methyl sites for hydroxylation is 1. The number of nitrogens with zero attached hydrogens (tertiary/aromatic N) is 1. The van der Waals surface area contributed by atoms with Crippen LogP contribution in [0.25, 0.3) is 0 Å². The summed E-state index contributed by atoms with van der Waals surface area (Å²) in [4.78, 5) is 0.284. The van der Waals surface area contributed by atoms with Crippen LogP contribution in [0.5, 0.6) is 0 Å². The van der Waals surface area contributed by atoms with Crippen molar-refractivity contribution in [3.8, 4) is 6.07 Å². The Morgan fingerprint density at radius 2 is 2.06 bits per heavy atom. The second-order valence-electron chi connectivity index (χ2n) is 4.75. The number of nitriles is 1. The molecule has 0 radical (unpaired) electrons. The summed E-state index contributed by atoms with van der Waals surface area (Å²) in [5.41, 5.74) is 0.145. The minimum atomic E-state index is -3.43. The maximum Gasteiger partial charge on any atom is 0.182 e. The molecule has 1 aromatic rings. The minimum absolute atomic E-state index is 0.166. The van der Waals surface area contributed by atoms with Crippen molar-refractivity contribution in [3.05, 3.63) is 29.8 Å². The molecule has 0 spiro atoms. The number of methoxy groups -OCH3 is 1. The Hall–Kier alpha value is -1.38. The number of rotatable bonds is 4. The highest BCUT2D eigenvalue weighted by molar-refractivity contribution is 7.92. The summed E-state index contributed by atoms with van der Waals surface area (Å²) in [5, 5.41) is 8.48. The molecule has 5 heteroatoms. The summed E-state index contributed by atoms with van der Waals surface area (Å²) in [6.07, 6.45) is 0.355. The first-order valence-corrected chi connectivity index (χ1v) is 7.22. The van der Waals surface area contributed by atoms with Crippen molar-refractivity contribution >= 4 is 9.84 Å². The zero-order valence-corrected chi connectivity index (χ0v) is 11.2. The van der Waals surface area contributed by atoms with Crippen LogP contribution in [0.2, 0.25) is 0 Å². The van der Waals surface area contributed by atoms with E-state index < -0.39 is 20.5 Å². The van der Waals surface area contributed by atoms with Crippen molar-refractivity contribution in [3.63, 3.8) is 0 Å². The minimum Gasteiger partial charge on any atom is -0.383 e. The lowest BCUT2D eigenvalue weighted by atomic mass is 10.1. The molecule has 1 aliphatic rings. The molecule has 18 heavy (non-hydrogen) atoms. The Morgan fingerprint density at radius 3 is 2.56 bits per heavy atom. The molecule has 1 saturated carbocycles. The van der Waals surface area contributed by atoms with Gasteiger partial charge >= 0.3 is 0 Å². The molecule has 0 unspecified atom stereocenters. The molecule has 1 fully saturated rings. The summed E-state index contributed by atoms with van der Waals surface area (Å²) < 4.78 is 29.7. The second-order valence-corrected chi connectivity index (χ2v) is 6.88. The second kappa shape index (κ2) is 4.38. The predicted molar refractivity (Wildman–Crippen MR) is 66.7 cm³/mol. The van der Waals surface area contributed by atoms with E-state index in [1.54, 1.807) is 24.3 Å². The molecule has 1 aliphatic carbocycles. The molecule has 0 saturated heterocycles. The van der Waals surface area contributed by atoms with Crippen molar-refractivity contribution in [2.45, 2.75) is 23.5 Å². The topological polar surface area (TPSA) is 67.2 Å². The van der Waals surface area contributed by atoms with Crippen LogP contribution in [0.3, 0.4) is 0 Å². The first-order valence-electron chi connectivity index (χ1n) is 5.67. The van der Waals surface area contributed by atoms with Crippen molar-refractivity contribution in [2.75, 3.05) is 13.7 Å². The van der Waals surface area contributed by atoms with Crippen LogP contribution in [0, 0.1) is 23.7 Å². The lowest BCUT2D eigenvalue weighted by Gasteiger charge is -2.08. The lowest BCUT2D eigenvalue weighted by Crippen LogP contribution is -2.19. The van der Waals surface area contributed by atoms with E-state index in [0.29, 0.717) is 6.42 Å². The van der Waals surface area contributed by atoms with Crippen molar-refractivity contribution < 1.29 is 13.2 Å². The standard InChI is InChI=1S/C13H15NO3S/c1-10-3-5-11(6-4-10)18(15,16)12-7-13(12,8-14)9-17-2/h3-6,12H,7,9H2,1-2H3/t12-,13+/m1/s1. The SMILES string of the molecule is COC[C@@]1(C#N)C[C@H]1S(=O)(=O)c1ccc(C)cc1. The lowest BCUT2D eigenvalue weighted by molar-refractivity contribution is 0.164. The smallest absolute Gasteiger partial charge is 0.182 e. The highest BCUT2D eigenvalue weighted by Gasteiger charge is 2.62. The fraction of sp³-hybridized carbons (Fsp3) is 0.462. The molecule has 4 nitrogen and oxygen atoms in total. The number of hydrogen-bond donors (Lipinski definition) is 0. The molecular formula is C13H15NO3S. The van der Waals surface area contributed by atoms with Gasteiger partial charge in [-0.3, -0.25) is 0 Å². The third kappa shape index (κ3) is 2.02. The van der Waals surface area contributed by atoms with Gasteiger partial charge in [-0.1, -0.05) is 17.7 Å². The quantitative estimate of drug-likeness (QED) is 0.831. The van der Waals surface area contributed by atoms with Gasteiger partial charge < -0.3 is 4.74 Å². The van der Waals surface area contributed by atoms with E-state index in [2.05, 4.69) is 6.07 Å². The monoisotopic (exact) mass is 265 g/mol. The van der Waals surface area contributed by atoms with Gasteiger partial charge in [-0.25, -0.2) is 8.42 Å². The number of hydrogen-bond acceptors (Lipinski definition) is 4. The summed E-state index contributed by atoms with van der Waals surface area (Å²) in [5.74, 6) is 0. The zero-order valence-electron chi connectivity index (χ0n) is 10.4. The largest absolute Gasteiger partial charge is 0.383 e. The van der Waals surface area contributed by atoms with Gasteiger partial charge in [0.15, 0.2) is 9.84 Å². The van der Waals surface area contributed by atoms with E-state index >= 15 is 0 Å². The predicted octanol–water partition coefficient (Wildman–Crippen LogP) is 1.70. The molecule has 0 N–H and O–H groups in total. The van der Waals surface area contributed by atoms with Gasteiger partial charge in [0, 0.05) is 7.11 Å². The van der Waals surface area contributed by atoms with Crippen molar-refractivity contribution in [2.24, 2.45) is 5.41 Å². The maximum atomic E-state index is 12.3. The van der Waals surface area contributed by atoms with Gasteiger partial charge in [0.25, 0.3) is 0 Å². The number of sulfone groups is 1. The van der Waals surface area contributed by atoms with Crippen molar-refractivity contribution in [1.29, 1.82) is 5.26 Å². The molecule has 0 heterocycles. The molecule has 0 amide bonds. The van der Waals surface area contributed by atoms with Gasteiger partial charge in [-0.2, -0.15) is 5.26 Å². The molecular weight excluding hydrogens is 250 g/mol. The van der Waals surface area contributed by atoms with E-state index in [1.165, 1.54) is 7.11 Å². The summed E-state index contributed by atoms with van der Waals surface area (Å²) in [7, 11) is -1.95. The molecule has 0 aliphatic heterocycles. The van der Waals surface area contributed by atoms with E-state index in [0.717, 1.165) is 5.56 Å². The Balaban J connectivity index is 2.30. The summed E-state index contributed by atoms with van der Waals surface area (Å²) in [6, 6.07) is 8.80. The van der Waals surface area contributed by atoms with Crippen LogP contribution in [-0.4, -0.2) is 27.4 Å². The average Bonchev–Trinajstić information content (AvgIpc) is 3.06.